The Kier molecular flexibility index (Phi) is 3.27. The van der Waals surface area contributed by atoms with Gasteiger partial charge in [-0.25, -0.2) is 0 Å². The first-order valence-electron chi connectivity index (χ1n) is 5.37. The Morgan fingerprint density at radius 3 is 1.07 bits per heavy atom. The second kappa shape index (κ2) is 4.35. The lowest BCUT2D eigenvalue weighted by Gasteiger charge is -2.34. The molecule has 2 heterocycles. The molecule has 2 fully saturated rings. The number of ether oxygens (including phenoxy) is 1. The summed E-state index contributed by atoms with van der Waals surface area (Å²) in [6.07, 6.45) is -0.446. The summed E-state index contributed by atoms with van der Waals surface area (Å²) in [7, 11) is 0. The Labute approximate surface area is 88.3 Å². The SMILES string of the molecule is OC[C@H]1C2OC([C@@H]1CO)[C@H](CO)[C@H]2CO. The monoisotopic (exact) mass is 218 g/mol. The summed E-state index contributed by atoms with van der Waals surface area (Å²) in [5, 5.41) is 36.9. The molecule has 2 bridgehead atoms. The second-order valence-corrected chi connectivity index (χ2v) is 4.45. The van der Waals surface area contributed by atoms with Gasteiger partial charge in [-0.2, -0.15) is 0 Å². The molecule has 0 aliphatic carbocycles. The Bertz CT molecular complexity index is 180. The summed E-state index contributed by atoms with van der Waals surface area (Å²) in [5.41, 5.74) is 0. The minimum Gasteiger partial charge on any atom is -0.396 e. The first kappa shape index (κ1) is 11.3. The maximum atomic E-state index is 9.23. The van der Waals surface area contributed by atoms with Crippen molar-refractivity contribution in [2.75, 3.05) is 26.4 Å². The largest absolute Gasteiger partial charge is 0.396 e. The van der Waals surface area contributed by atoms with E-state index in [1.165, 1.54) is 0 Å². The van der Waals surface area contributed by atoms with E-state index in [1.807, 2.05) is 0 Å². The first-order chi connectivity index (χ1) is 7.28. The van der Waals surface area contributed by atoms with E-state index in [1.54, 1.807) is 0 Å². The van der Waals surface area contributed by atoms with Crippen LogP contribution >= 0.6 is 0 Å². The minimum atomic E-state index is -0.223. The predicted octanol–water partition coefficient (Wildman–Crippen LogP) is -1.80. The lowest BCUT2D eigenvalue weighted by atomic mass is 9.69. The smallest absolute Gasteiger partial charge is 0.0688 e. The lowest BCUT2D eigenvalue weighted by molar-refractivity contribution is 0.0225. The summed E-state index contributed by atoms with van der Waals surface area (Å²) >= 11 is 0. The average Bonchev–Trinajstić information content (AvgIpc) is 2.80. The van der Waals surface area contributed by atoms with E-state index in [-0.39, 0.29) is 62.3 Å². The Morgan fingerprint density at radius 2 is 0.867 bits per heavy atom. The number of rotatable bonds is 4. The molecule has 2 aliphatic rings. The zero-order valence-electron chi connectivity index (χ0n) is 8.49. The van der Waals surface area contributed by atoms with Crippen molar-refractivity contribution in [1.29, 1.82) is 0 Å². The van der Waals surface area contributed by atoms with Crippen molar-refractivity contribution in [3.05, 3.63) is 0 Å². The number of aliphatic hydroxyl groups is 4. The summed E-state index contributed by atoms with van der Waals surface area (Å²) in [4.78, 5) is 0. The van der Waals surface area contributed by atoms with Crippen molar-refractivity contribution >= 4 is 0 Å². The molecule has 2 saturated heterocycles. The number of hydrogen-bond acceptors (Lipinski definition) is 5. The van der Waals surface area contributed by atoms with Gasteiger partial charge >= 0.3 is 0 Å². The zero-order chi connectivity index (χ0) is 11.0. The standard InChI is InChI=1S/C10H18O5/c11-1-5-6(2-12)10-8(4-14)7(3-13)9(5)15-10/h5-14H,1-4H2/t5-,6-,7-,8-,9?,10?/m1/s1. The average molecular weight is 218 g/mol. The summed E-state index contributed by atoms with van der Waals surface area (Å²) in [5.74, 6) is -0.445. The van der Waals surface area contributed by atoms with Gasteiger partial charge in [0.25, 0.3) is 0 Å². The number of fused-ring (bicyclic) bond motifs is 2. The third-order valence-corrected chi connectivity index (χ3v) is 3.95. The molecule has 5 nitrogen and oxygen atoms in total. The van der Waals surface area contributed by atoms with Crippen molar-refractivity contribution in [2.45, 2.75) is 12.2 Å². The van der Waals surface area contributed by atoms with Crippen LogP contribution in [-0.4, -0.2) is 59.1 Å². The van der Waals surface area contributed by atoms with E-state index in [9.17, 15) is 20.4 Å². The predicted molar refractivity (Wildman–Crippen MR) is 51.0 cm³/mol. The minimum absolute atomic E-state index is 0.0406. The molecule has 5 heteroatoms. The fourth-order valence-corrected chi connectivity index (χ4v) is 3.15. The highest BCUT2D eigenvalue weighted by Gasteiger charge is 2.58. The quantitative estimate of drug-likeness (QED) is 0.447. The molecule has 2 rings (SSSR count). The highest BCUT2D eigenvalue weighted by atomic mass is 16.5. The molecule has 2 aliphatic heterocycles. The molecule has 0 aromatic carbocycles. The zero-order valence-corrected chi connectivity index (χ0v) is 8.49. The molecule has 0 aromatic rings. The van der Waals surface area contributed by atoms with Crippen molar-refractivity contribution in [3.8, 4) is 0 Å². The second-order valence-electron chi connectivity index (χ2n) is 4.45. The topological polar surface area (TPSA) is 90.2 Å². The molecular weight excluding hydrogens is 200 g/mol. The van der Waals surface area contributed by atoms with Crippen molar-refractivity contribution < 1.29 is 25.2 Å². The van der Waals surface area contributed by atoms with Crippen LogP contribution in [-0.2, 0) is 4.74 Å². The molecule has 0 aromatic heterocycles. The summed E-state index contributed by atoms with van der Waals surface area (Å²) < 4.78 is 5.65. The van der Waals surface area contributed by atoms with Crippen molar-refractivity contribution in [1.82, 2.24) is 0 Å². The number of hydrogen-bond donors (Lipinski definition) is 4. The molecule has 15 heavy (non-hydrogen) atoms. The third-order valence-electron chi connectivity index (χ3n) is 3.95. The van der Waals surface area contributed by atoms with Gasteiger partial charge in [-0.15, -0.1) is 0 Å². The number of aliphatic hydroxyl groups excluding tert-OH is 4. The first-order valence-corrected chi connectivity index (χ1v) is 5.37. The Hall–Kier alpha value is -0.200. The molecule has 0 radical (unpaired) electrons. The molecular formula is C10H18O5. The van der Waals surface area contributed by atoms with Crippen LogP contribution < -0.4 is 0 Å². The maximum Gasteiger partial charge on any atom is 0.0688 e. The molecule has 4 N–H and O–H groups in total. The van der Waals surface area contributed by atoms with Crippen LogP contribution in [0.15, 0.2) is 0 Å². The van der Waals surface area contributed by atoms with Crippen LogP contribution in [0.2, 0.25) is 0 Å². The molecule has 4 atom stereocenters. The fourth-order valence-electron chi connectivity index (χ4n) is 3.15. The highest BCUT2D eigenvalue weighted by Crippen LogP contribution is 2.49. The van der Waals surface area contributed by atoms with E-state index in [0.717, 1.165) is 0 Å². The van der Waals surface area contributed by atoms with Gasteiger partial charge < -0.3 is 25.2 Å². The van der Waals surface area contributed by atoms with E-state index >= 15 is 0 Å². The van der Waals surface area contributed by atoms with Gasteiger partial charge in [0.15, 0.2) is 0 Å². The van der Waals surface area contributed by atoms with Gasteiger partial charge in [0.05, 0.1) is 12.2 Å². The van der Waals surface area contributed by atoms with E-state index in [4.69, 9.17) is 4.74 Å². The summed E-state index contributed by atoms with van der Waals surface area (Å²) in [6.45, 7) is -0.163. The van der Waals surface area contributed by atoms with Gasteiger partial charge in [0.2, 0.25) is 0 Å². The summed E-state index contributed by atoms with van der Waals surface area (Å²) in [6, 6.07) is 0. The fraction of sp³-hybridized carbons (Fsp3) is 1.00. The van der Waals surface area contributed by atoms with Crippen LogP contribution in [0.5, 0.6) is 0 Å². The molecule has 0 saturated carbocycles. The van der Waals surface area contributed by atoms with Crippen LogP contribution in [0.4, 0.5) is 0 Å². The highest BCUT2D eigenvalue weighted by molar-refractivity contribution is 5.04. The lowest BCUT2D eigenvalue weighted by Crippen LogP contribution is -2.45. The Morgan fingerprint density at radius 1 is 0.600 bits per heavy atom. The van der Waals surface area contributed by atoms with E-state index in [2.05, 4.69) is 0 Å². The van der Waals surface area contributed by atoms with Gasteiger partial charge in [-0.3, -0.25) is 0 Å². The maximum absolute atomic E-state index is 9.23. The van der Waals surface area contributed by atoms with Gasteiger partial charge in [0, 0.05) is 50.1 Å². The Balaban J connectivity index is 2.17. The normalized spacial score (nSPS) is 48.8. The molecule has 88 valence electrons. The van der Waals surface area contributed by atoms with Crippen LogP contribution in [0.3, 0.4) is 0 Å². The van der Waals surface area contributed by atoms with Gasteiger partial charge in [-0.1, -0.05) is 0 Å². The molecule has 0 unspecified atom stereocenters. The van der Waals surface area contributed by atoms with E-state index in [0.29, 0.717) is 0 Å². The van der Waals surface area contributed by atoms with Gasteiger partial charge in [-0.05, 0) is 0 Å². The van der Waals surface area contributed by atoms with Crippen molar-refractivity contribution in [2.24, 2.45) is 23.7 Å². The molecule has 0 spiro atoms. The molecule has 0 amide bonds. The van der Waals surface area contributed by atoms with E-state index < -0.39 is 0 Å². The van der Waals surface area contributed by atoms with Gasteiger partial charge in [0.1, 0.15) is 0 Å². The van der Waals surface area contributed by atoms with Crippen molar-refractivity contribution in [3.63, 3.8) is 0 Å². The van der Waals surface area contributed by atoms with Crippen LogP contribution in [0.25, 0.3) is 0 Å². The van der Waals surface area contributed by atoms with Crippen LogP contribution in [0, 0.1) is 23.7 Å². The third kappa shape index (κ3) is 1.50. The van der Waals surface area contributed by atoms with Crippen LogP contribution in [0.1, 0.15) is 0 Å².